The van der Waals surface area contributed by atoms with Crippen molar-refractivity contribution < 1.29 is 14.3 Å². The van der Waals surface area contributed by atoms with E-state index in [1.54, 1.807) is 6.92 Å². The third-order valence-corrected chi connectivity index (χ3v) is 3.63. The third kappa shape index (κ3) is 3.83. The number of ether oxygens (including phenoxy) is 1. The minimum Gasteiger partial charge on any atom is -0.449 e. The molecule has 2 rings (SSSR count). The number of halogens is 1. The summed E-state index contributed by atoms with van der Waals surface area (Å²) in [5.74, 6) is -1.10. The Balaban J connectivity index is 2.20. The quantitative estimate of drug-likeness (QED) is 0.644. The van der Waals surface area contributed by atoms with E-state index in [9.17, 15) is 9.59 Å². The number of aromatic nitrogens is 2. The van der Waals surface area contributed by atoms with Crippen LogP contribution in [-0.4, -0.2) is 34.3 Å². The van der Waals surface area contributed by atoms with Crippen molar-refractivity contribution in [2.24, 2.45) is 0 Å². The largest absolute Gasteiger partial charge is 0.449 e. The van der Waals surface area contributed by atoms with E-state index in [0.29, 0.717) is 12.2 Å². The molecule has 0 saturated heterocycles. The maximum absolute atomic E-state index is 12.4. The van der Waals surface area contributed by atoms with Crippen LogP contribution in [0.3, 0.4) is 0 Å². The summed E-state index contributed by atoms with van der Waals surface area (Å²) < 4.78 is 6.64. The molecule has 0 saturated carbocycles. The topological polar surface area (TPSA) is 73.2 Å². The first-order valence-electron chi connectivity index (χ1n) is 7.35. The van der Waals surface area contributed by atoms with E-state index in [-0.39, 0.29) is 10.7 Å². The zero-order valence-corrected chi connectivity index (χ0v) is 14.2. The van der Waals surface area contributed by atoms with E-state index >= 15 is 0 Å². The zero-order chi connectivity index (χ0) is 17.7. The first-order valence-corrected chi connectivity index (χ1v) is 7.73. The van der Waals surface area contributed by atoms with E-state index in [1.807, 2.05) is 30.3 Å². The summed E-state index contributed by atoms with van der Waals surface area (Å²) in [4.78, 5) is 24.1. The van der Waals surface area contributed by atoms with Gasteiger partial charge in [0.15, 0.2) is 6.10 Å². The molecule has 1 amide bonds. The van der Waals surface area contributed by atoms with Crippen molar-refractivity contribution in [2.45, 2.75) is 20.0 Å². The van der Waals surface area contributed by atoms with Crippen LogP contribution in [0.25, 0.3) is 5.69 Å². The van der Waals surface area contributed by atoms with Gasteiger partial charge in [-0.25, -0.2) is 9.48 Å². The number of para-hydroxylation sites is 1. The summed E-state index contributed by atoms with van der Waals surface area (Å²) in [6.45, 7) is 6.95. The highest BCUT2D eigenvalue weighted by Gasteiger charge is 2.25. The summed E-state index contributed by atoms with van der Waals surface area (Å²) in [5.41, 5.74) is 1.29. The SMILES string of the molecule is C=CCNC(=O)[C@@H](C)OC(=O)c1c(C)nn(-c2ccccc2)c1Cl. The number of benzene rings is 1. The fourth-order valence-electron chi connectivity index (χ4n) is 2.06. The molecular formula is C17H18ClN3O3. The Labute approximate surface area is 145 Å². The summed E-state index contributed by atoms with van der Waals surface area (Å²) >= 11 is 6.29. The molecule has 1 heterocycles. The lowest BCUT2D eigenvalue weighted by molar-refractivity contribution is -0.128. The third-order valence-electron chi connectivity index (χ3n) is 3.28. The second kappa shape index (κ2) is 7.79. The molecule has 0 unspecified atom stereocenters. The minimum atomic E-state index is -0.951. The molecule has 1 aromatic carbocycles. The number of carbonyl (C=O) groups excluding carboxylic acids is 2. The number of amides is 1. The standard InChI is InChI=1S/C17H18ClN3O3/c1-4-10-19-16(22)12(3)24-17(23)14-11(2)20-21(15(14)18)13-8-6-5-7-9-13/h4-9,12H,1,10H2,2-3H3,(H,19,22)/t12-/m1/s1. The molecule has 126 valence electrons. The normalized spacial score (nSPS) is 11.6. The van der Waals surface area contributed by atoms with E-state index in [2.05, 4.69) is 17.0 Å². The summed E-state index contributed by atoms with van der Waals surface area (Å²) in [6.07, 6.45) is 0.588. The lowest BCUT2D eigenvalue weighted by Crippen LogP contribution is -2.35. The number of hydrogen-bond acceptors (Lipinski definition) is 4. The van der Waals surface area contributed by atoms with Gasteiger partial charge in [-0.05, 0) is 26.0 Å². The van der Waals surface area contributed by atoms with Gasteiger partial charge in [0.05, 0.1) is 11.4 Å². The van der Waals surface area contributed by atoms with Gasteiger partial charge in [-0.3, -0.25) is 4.79 Å². The Morgan fingerprint density at radius 1 is 1.42 bits per heavy atom. The van der Waals surface area contributed by atoms with Gasteiger partial charge in [0.1, 0.15) is 10.7 Å². The number of carbonyl (C=O) groups is 2. The molecule has 0 spiro atoms. The average molecular weight is 348 g/mol. The molecule has 6 nitrogen and oxygen atoms in total. The first kappa shape index (κ1) is 17.7. The fraction of sp³-hybridized carbons (Fsp3) is 0.235. The lowest BCUT2D eigenvalue weighted by Gasteiger charge is -2.12. The van der Waals surface area contributed by atoms with Crippen LogP contribution in [-0.2, 0) is 9.53 Å². The number of rotatable bonds is 6. The maximum Gasteiger partial charge on any atom is 0.344 e. The molecular weight excluding hydrogens is 330 g/mol. The molecule has 1 aromatic heterocycles. The Morgan fingerprint density at radius 3 is 2.71 bits per heavy atom. The zero-order valence-electron chi connectivity index (χ0n) is 13.5. The molecule has 0 aliphatic carbocycles. The number of esters is 1. The maximum atomic E-state index is 12.4. The van der Waals surface area contributed by atoms with Crippen molar-refractivity contribution in [1.29, 1.82) is 0 Å². The van der Waals surface area contributed by atoms with Gasteiger partial charge in [-0.2, -0.15) is 5.10 Å². The molecule has 0 bridgehead atoms. The minimum absolute atomic E-state index is 0.141. The predicted molar refractivity (Wildman–Crippen MR) is 91.4 cm³/mol. The highest BCUT2D eigenvalue weighted by molar-refractivity contribution is 6.33. The van der Waals surface area contributed by atoms with Crippen molar-refractivity contribution in [3.8, 4) is 5.69 Å². The van der Waals surface area contributed by atoms with E-state index in [0.717, 1.165) is 5.69 Å². The molecule has 24 heavy (non-hydrogen) atoms. The summed E-state index contributed by atoms with van der Waals surface area (Å²) in [6, 6.07) is 9.18. The second-order valence-electron chi connectivity index (χ2n) is 5.08. The van der Waals surface area contributed by atoms with E-state index in [4.69, 9.17) is 16.3 Å². The van der Waals surface area contributed by atoms with Crippen molar-refractivity contribution in [3.05, 3.63) is 59.4 Å². The molecule has 0 aliphatic rings. The Kier molecular flexibility index (Phi) is 5.76. The first-order chi connectivity index (χ1) is 11.5. The highest BCUT2D eigenvalue weighted by atomic mass is 35.5. The van der Waals surface area contributed by atoms with Crippen LogP contribution in [0.1, 0.15) is 23.0 Å². The van der Waals surface area contributed by atoms with Crippen LogP contribution in [0.5, 0.6) is 0 Å². The second-order valence-corrected chi connectivity index (χ2v) is 5.44. The van der Waals surface area contributed by atoms with Gasteiger partial charge in [-0.1, -0.05) is 35.9 Å². The Morgan fingerprint density at radius 2 is 2.08 bits per heavy atom. The summed E-state index contributed by atoms with van der Waals surface area (Å²) in [7, 11) is 0. The van der Waals surface area contributed by atoms with E-state index in [1.165, 1.54) is 17.7 Å². The van der Waals surface area contributed by atoms with Gasteiger partial charge in [-0.15, -0.1) is 6.58 Å². The van der Waals surface area contributed by atoms with Crippen LogP contribution >= 0.6 is 11.6 Å². The molecule has 1 atom stereocenters. The predicted octanol–water partition coefficient (Wildman–Crippen LogP) is 2.68. The number of aryl methyl sites for hydroxylation is 1. The number of nitrogens with one attached hydrogen (secondary N) is 1. The average Bonchev–Trinajstić information content (AvgIpc) is 2.87. The molecule has 0 fully saturated rings. The molecule has 2 aromatic rings. The monoisotopic (exact) mass is 347 g/mol. The van der Waals surface area contributed by atoms with Crippen molar-refractivity contribution in [3.63, 3.8) is 0 Å². The van der Waals surface area contributed by atoms with Gasteiger partial charge < -0.3 is 10.1 Å². The fourth-order valence-corrected chi connectivity index (χ4v) is 2.41. The van der Waals surface area contributed by atoms with Gasteiger partial charge >= 0.3 is 5.97 Å². The van der Waals surface area contributed by atoms with Gasteiger partial charge in [0.25, 0.3) is 5.91 Å². The van der Waals surface area contributed by atoms with Crippen LogP contribution in [0.4, 0.5) is 0 Å². The van der Waals surface area contributed by atoms with Gasteiger partial charge in [0, 0.05) is 6.54 Å². The number of nitrogens with zero attached hydrogens (tertiary/aromatic N) is 2. The Hall–Kier alpha value is -2.60. The summed E-state index contributed by atoms with van der Waals surface area (Å²) in [5, 5.41) is 6.98. The highest BCUT2D eigenvalue weighted by Crippen LogP contribution is 2.24. The molecule has 7 heteroatoms. The lowest BCUT2D eigenvalue weighted by atomic mass is 10.2. The van der Waals surface area contributed by atoms with Crippen LogP contribution in [0.15, 0.2) is 43.0 Å². The van der Waals surface area contributed by atoms with Crippen LogP contribution in [0.2, 0.25) is 5.15 Å². The van der Waals surface area contributed by atoms with Gasteiger partial charge in [0.2, 0.25) is 0 Å². The van der Waals surface area contributed by atoms with Crippen molar-refractivity contribution >= 4 is 23.5 Å². The van der Waals surface area contributed by atoms with Crippen LogP contribution < -0.4 is 5.32 Å². The molecule has 0 radical (unpaired) electrons. The Bertz CT molecular complexity index is 756. The van der Waals surface area contributed by atoms with Crippen LogP contribution in [0, 0.1) is 6.92 Å². The molecule has 0 aliphatic heterocycles. The van der Waals surface area contributed by atoms with Crippen molar-refractivity contribution in [1.82, 2.24) is 15.1 Å². The smallest absolute Gasteiger partial charge is 0.344 e. The van der Waals surface area contributed by atoms with Crippen molar-refractivity contribution in [2.75, 3.05) is 6.54 Å². The number of hydrogen-bond donors (Lipinski definition) is 1. The van der Waals surface area contributed by atoms with E-state index < -0.39 is 18.0 Å². The molecule has 1 N–H and O–H groups in total.